The quantitative estimate of drug-likeness (QED) is 0.613. The molecule has 2 rings (SSSR count). The lowest BCUT2D eigenvalue weighted by Crippen LogP contribution is -2.54. The fraction of sp³-hybridized carbons (Fsp3) is 1.00. The number of aliphatic hydroxyl groups excluding tert-OH is 2. The van der Waals surface area contributed by atoms with Crippen LogP contribution in [0.2, 0.25) is 0 Å². The molecule has 0 aromatic rings. The number of aliphatic hydroxyl groups is 2. The molecule has 0 amide bonds. The van der Waals surface area contributed by atoms with Crippen molar-refractivity contribution in [1.29, 1.82) is 0 Å². The fourth-order valence-corrected chi connectivity index (χ4v) is 2.42. The molecule has 7 atom stereocenters. The highest BCUT2D eigenvalue weighted by Crippen LogP contribution is 2.24. The first-order chi connectivity index (χ1) is 8.95. The zero-order chi connectivity index (χ0) is 14.0. The molecule has 0 radical (unpaired) electrons. The van der Waals surface area contributed by atoms with Crippen LogP contribution in [-0.2, 0) is 18.9 Å². The zero-order valence-electron chi connectivity index (χ0n) is 11.3. The summed E-state index contributed by atoms with van der Waals surface area (Å²) in [4.78, 5) is 0. The standard InChI is InChI=1S/C12H23NO6/c1-6-12(9(13)4-10(15)17-6)19-11-3-8(14)5-16-7(2)18-11/h6-12,14-15H,3-5,13H2,1-2H3. The highest BCUT2D eigenvalue weighted by Gasteiger charge is 2.37. The van der Waals surface area contributed by atoms with Gasteiger partial charge in [0, 0.05) is 18.9 Å². The van der Waals surface area contributed by atoms with Crippen LogP contribution in [0.5, 0.6) is 0 Å². The molecule has 0 aliphatic carbocycles. The van der Waals surface area contributed by atoms with E-state index in [1.165, 1.54) is 0 Å². The van der Waals surface area contributed by atoms with Gasteiger partial charge < -0.3 is 34.9 Å². The summed E-state index contributed by atoms with van der Waals surface area (Å²) in [5.74, 6) is 0. The van der Waals surface area contributed by atoms with Gasteiger partial charge in [-0.2, -0.15) is 0 Å². The molecule has 2 aliphatic heterocycles. The Labute approximate surface area is 112 Å². The van der Waals surface area contributed by atoms with Gasteiger partial charge in [0.1, 0.15) is 6.10 Å². The van der Waals surface area contributed by atoms with Gasteiger partial charge in [-0.25, -0.2) is 0 Å². The molecule has 7 unspecified atom stereocenters. The Kier molecular flexibility index (Phi) is 5.13. The highest BCUT2D eigenvalue weighted by atomic mass is 16.8. The number of hydrogen-bond acceptors (Lipinski definition) is 7. The van der Waals surface area contributed by atoms with Crippen LogP contribution in [0.1, 0.15) is 26.7 Å². The van der Waals surface area contributed by atoms with Crippen LogP contribution in [0.15, 0.2) is 0 Å². The van der Waals surface area contributed by atoms with Gasteiger partial charge in [-0.15, -0.1) is 0 Å². The predicted octanol–water partition coefficient (Wildman–Crippen LogP) is -0.704. The maximum Gasteiger partial charge on any atom is 0.163 e. The van der Waals surface area contributed by atoms with Crippen molar-refractivity contribution in [3.8, 4) is 0 Å². The van der Waals surface area contributed by atoms with Gasteiger partial charge in [-0.1, -0.05) is 0 Å². The van der Waals surface area contributed by atoms with Gasteiger partial charge in [-0.3, -0.25) is 0 Å². The summed E-state index contributed by atoms with van der Waals surface area (Å²) >= 11 is 0. The van der Waals surface area contributed by atoms with E-state index in [9.17, 15) is 10.2 Å². The first-order valence-electron chi connectivity index (χ1n) is 6.65. The van der Waals surface area contributed by atoms with Crippen LogP contribution >= 0.6 is 0 Å². The van der Waals surface area contributed by atoms with Crippen molar-refractivity contribution >= 4 is 0 Å². The monoisotopic (exact) mass is 277 g/mol. The van der Waals surface area contributed by atoms with Gasteiger partial charge in [0.15, 0.2) is 18.9 Å². The maximum atomic E-state index is 9.69. The fourth-order valence-electron chi connectivity index (χ4n) is 2.42. The average molecular weight is 277 g/mol. The Morgan fingerprint density at radius 3 is 2.58 bits per heavy atom. The van der Waals surface area contributed by atoms with E-state index < -0.39 is 25.0 Å². The molecule has 2 saturated heterocycles. The SMILES string of the molecule is CC1OCC(O)CC(OC2C(N)CC(O)OC2C)O1. The third-order valence-corrected chi connectivity index (χ3v) is 3.37. The molecule has 0 aromatic carbocycles. The van der Waals surface area contributed by atoms with Gasteiger partial charge in [0.25, 0.3) is 0 Å². The lowest BCUT2D eigenvalue weighted by molar-refractivity contribution is -0.278. The van der Waals surface area contributed by atoms with E-state index in [2.05, 4.69) is 0 Å². The molecule has 0 bridgehead atoms. The van der Waals surface area contributed by atoms with Crippen molar-refractivity contribution in [3.05, 3.63) is 0 Å². The number of ether oxygens (including phenoxy) is 4. The Bertz CT molecular complexity index is 267. The number of nitrogens with two attached hydrogens (primary N) is 1. The summed E-state index contributed by atoms with van der Waals surface area (Å²) < 4.78 is 21.9. The second kappa shape index (κ2) is 6.45. The van der Waals surface area contributed by atoms with Crippen molar-refractivity contribution in [2.24, 2.45) is 5.73 Å². The molecule has 7 nitrogen and oxygen atoms in total. The smallest absolute Gasteiger partial charge is 0.163 e. The van der Waals surface area contributed by atoms with E-state index in [1.807, 2.05) is 0 Å². The van der Waals surface area contributed by atoms with E-state index >= 15 is 0 Å². The van der Waals surface area contributed by atoms with Crippen molar-refractivity contribution in [1.82, 2.24) is 0 Å². The third-order valence-electron chi connectivity index (χ3n) is 3.37. The molecule has 112 valence electrons. The second-order valence-corrected chi connectivity index (χ2v) is 5.15. The molecule has 2 fully saturated rings. The Morgan fingerprint density at radius 1 is 1.16 bits per heavy atom. The van der Waals surface area contributed by atoms with Crippen molar-refractivity contribution in [2.75, 3.05) is 6.61 Å². The lowest BCUT2D eigenvalue weighted by atomic mass is 10.0. The molecule has 2 heterocycles. The second-order valence-electron chi connectivity index (χ2n) is 5.15. The van der Waals surface area contributed by atoms with Gasteiger partial charge in [0.05, 0.1) is 18.8 Å². The Morgan fingerprint density at radius 2 is 1.89 bits per heavy atom. The van der Waals surface area contributed by atoms with Gasteiger partial charge in [0.2, 0.25) is 0 Å². The minimum absolute atomic E-state index is 0.225. The molecule has 4 N–H and O–H groups in total. The summed E-state index contributed by atoms with van der Waals surface area (Å²) in [7, 11) is 0. The van der Waals surface area contributed by atoms with Crippen LogP contribution in [0.3, 0.4) is 0 Å². The van der Waals surface area contributed by atoms with E-state index in [0.717, 1.165) is 0 Å². The van der Waals surface area contributed by atoms with Crippen molar-refractivity contribution in [3.63, 3.8) is 0 Å². The molecular weight excluding hydrogens is 254 g/mol. The van der Waals surface area contributed by atoms with Crippen LogP contribution < -0.4 is 5.73 Å². The Hall–Kier alpha value is -0.280. The first-order valence-corrected chi connectivity index (χ1v) is 6.65. The maximum absolute atomic E-state index is 9.69. The largest absolute Gasteiger partial charge is 0.391 e. The summed E-state index contributed by atoms with van der Waals surface area (Å²) in [6.45, 7) is 3.77. The minimum Gasteiger partial charge on any atom is -0.391 e. The zero-order valence-corrected chi connectivity index (χ0v) is 11.3. The average Bonchev–Trinajstić information content (AvgIpc) is 2.45. The topological polar surface area (TPSA) is 103 Å². The van der Waals surface area contributed by atoms with Crippen LogP contribution in [0.4, 0.5) is 0 Å². The first kappa shape index (κ1) is 15.1. The third kappa shape index (κ3) is 4.09. The summed E-state index contributed by atoms with van der Waals surface area (Å²) in [6.07, 6.45) is -2.60. The van der Waals surface area contributed by atoms with Crippen LogP contribution in [0.25, 0.3) is 0 Å². The van der Waals surface area contributed by atoms with Gasteiger partial charge in [-0.05, 0) is 13.8 Å². The molecule has 0 aromatic heterocycles. The molecule has 7 heteroatoms. The minimum atomic E-state index is -0.854. The predicted molar refractivity (Wildman–Crippen MR) is 64.9 cm³/mol. The van der Waals surface area contributed by atoms with E-state index in [1.54, 1.807) is 13.8 Å². The molecule has 2 aliphatic rings. The number of rotatable bonds is 2. The number of hydrogen-bond donors (Lipinski definition) is 3. The van der Waals surface area contributed by atoms with E-state index in [-0.39, 0.29) is 24.9 Å². The highest BCUT2D eigenvalue weighted by molar-refractivity contribution is 4.85. The van der Waals surface area contributed by atoms with Crippen molar-refractivity contribution in [2.45, 2.75) is 69.9 Å². The molecule has 19 heavy (non-hydrogen) atoms. The summed E-state index contributed by atoms with van der Waals surface area (Å²) in [5, 5.41) is 19.1. The van der Waals surface area contributed by atoms with Gasteiger partial charge >= 0.3 is 0 Å². The van der Waals surface area contributed by atoms with Crippen molar-refractivity contribution < 1.29 is 29.2 Å². The normalized spacial score (nSPS) is 48.8. The van der Waals surface area contributed by atoms with Crippen LogP contribution in [0, 0.1) is 0 Å². The molecule has 0 saturated carbocycles. The summed E-state index contributed by atoms with van der Waals surface area (Å²) in [5.41, 5.74) is 5.97. The van der Waals surface area contributed by atoms with E-state index in [4.69, 9.17) is 24.7 Å². The Balaban J connectivity index is 1.94. The summed E-state index contributed by atoms with van der Waals surface area (Å²) in [6, 6.07) is -0.334. The molecular formula is C12H23NO6. The van der Waals surface area contributed by atoms with Crippen LogP contribution in [-0.4, -0.2) is 60.0 Å². The van der Waals surface area contributed by atoms with E-state index in [0.29, 0.717) is 12.8 Å². The molecule has 0 spiro atoms. The lowest BCUT2D eigenvalue weighted by Gasteiger charge is -2.38.